The minimum absolute atomic E-state index is 0.0397. The second-order valence-electron chi connectivity index (χ2n) is 17.2. The molecule has 2 saturated carbocycles. The van der Waals surface area contributed by atoms with E-state index in [9.17, 15) is 33.9 Å². The molecule has 2 aromatic carbocycles. The summed E-state index contributed by atoms with van der Waals surface area (Å²) in [5.74, 6) is -3.24. The van der Waals surface area contributed by atoms with Crippen molar-refractivity contribution in [2.75, 3.05) is 6.54 Å². The average molecular weight is 766 g/mol. The topological polar surface area (TPSA) is 215 Å². The number of ether oxygens (including phenoxy) is 2. The lowest BCUT2D eigenvalue weighted by Gasteiger charge is -2.56. The maximum absolute atomic E-state index is 13.5. The number of urea groups is 1. The van der Waals surface area contributed by atoms with Crippen LogP contribution in [0.25, 0.3) is 10.8 Å². The van der Waals surface area contributed by atoms with Crippen molar-refractivity contribution in [1.29, 1.82) is 0 Å². The monoisotopic (exact) mass is 765 g/mol. The molecule has 7 N–H and O–H groups in total. The largest absolute Gasteiger partial charge is 0.480 e. The molecule has 4 amide bonds. The number of unbranched alkanes of at least 4 members (excludes halogenated alkanes) is 1. The number of carbonyl (C=O) groups is 6. The molecule has 0 aliphatic heterocycles. The van der Waals surface area contributed by atoms with Gasteiger partial charge in [0.2, 0.25) is 11.8 Å². The Morgan fingerprint density at radius 3 is 2.05 bits per heavy atom. The quantitative estimate of drug-likeness (QED) is 0.0994. The summed E-state index contributed by atoms with van der Waals surface area (Å²) in [5.41, 5.74) is 5.46. The molecule has 2 aliphatic rings. The molecule has 55 heavy (non-hydrogen) atoms. The van der Waals surface area contributed by atoms with Crippen molar-refractivity contribution in [3.8, 4) is 0 Å². The van der Waals surface area contributed by atoms with Gasteiger partial charge in [-0.25, -0.2) is 14.4 Å². The van der Waals surface area contributed by atoms with Gasteiger partial charge in [0.15, 0.2) is 0 Å². The summed E-state index contributed by atoms with van der Waals surface area (Å²) in [4.78, 5) is 76.9. The number of carboxylic acids is 1. The van der Waals surface area contributed by atoms with Gasteiger partial charge in [0.25, 0.3) is 0 Å². The van der Waals surface area contributed by atoms with E-state index < -0.39 is 53.3 Å². The van der Waals surface area contributed by atoms with Gasteiger partial charge in [-0.15, -0.1) is 0 Å². The van der Waals surface area contributed by atoms with Crippen LogP contribution < -0.4 is 27.0 Å². The lowest BCUT2D eigenvalue weighted by molar-refractivity contribution is -0.158. The minimum Gasteiger partial charge on any atom is -0.480 e. The molecule has 0 radical (unpaired) electrons. The third kappa shape index (κ3) is 13.5. The van der Waals surface area contributed by atoms with E-state index in [1.54, 1.807) is 41.5 Å². The number of benzene rings is 2. The summed E-state index contributed by atoms with van der Waals surface area (Å²) in [6.07, 6.45) is 4.20. The number of carbonyl (C=O) groups excluding carboxylic acids is 5. The van der Waals surface area contributed by atoms with Crippen molar-refractivity contribution in [3.05, 3.63) is 48.0 Å². The standard InChI is InChI=1S/C41H59N5O9/c1-39(2,3)54-33(47)17-16-31(37(52)55-40(4,5)6)46-38(53)45-30(36(50)51)13-9-10-18-43-35(49)32(20-25-14-15-26-11-7-8-12-27(26)19-25)44-34(48)28-21-41(22-28)23-29(42)24-41/h7-8,11-12,14-15,19,28-32H,9-10,13,16-18,20-24,42H2,1-6H3,(H,43,49)(H,44,48)(H,50,51)(H2,45,46,53)/t28?,29?,30-,31-,32-,41?/m0/s1. The predicted molar refractivity (Wildman–Crippen MR) is 207 cm³/mol. The number of hydrogen-bond acceptors (Lipinski definition) is 9. The molecule has 14 nitrogen and oxygen atoms in total. The van der Waals surface area contributed by atoms with Crippen molar-refractivity contribution in [3.63, 3.8) is 0 Å². The Labute approximate surface area is 323 Å². The van der Waals surface area contributed by atoms with Crippen molar-refractivity contribution >= 4 is 46.5 Å². The van der Waals surface area contributed by atoms with E-state index in [1.165, 1.54) is 0 Å². The number of nitrogens with one attached hydrogen (secondary N) is 4. The maximum Gasteiger partial charge on any atom is 0.329 e. The normalized spacial score (nSPS) is 20.9. The van der Waals surface area contributed by atoms with Crippen LogP contribution in [-0.4, -0.2) is 82.8 Å². The van der Waals surface area contributed by atoms with Crippen LogP contribution in [0, 0.1) is 11.3 Å². The molecule has 14 heteroatoms. The van der Waals surface area contributed by atoms with E-state index >= 15 is 0 Å². The summed E-state index contributed by atoms with van der Waals surface area (Å²) in [6.45, 7) is 10.3. The van der Waals surface area contributed by atoms with E-state index in [1.807, 2.05) is 42.5 Å². The van der Waals surface area contributed by atoms with Gasteiger partial charge in [0.05, 0.1) is 0 Å². The molecule has 2 fully saturated rings. The minimum atomic E-state index is -1.29. The van der Waals surface area contributed by atoms with E-state index in [-0.39, 0.29) is 55.0 Å². The number of amides is 4. The summed E-state index contributed by atoms with van der Waals surface area (Å²) in [6, 6.07) is 9.83. The van der Waals surface area contributed by atoms with E-state index in [0.29, 0.717) is 19.3 Å². The van der Waals surface area contributed by atoms with Gasteiger partial charge in [-0.05, 0) is 115 Å². The molecule has 2 aliphatic carbocycles. The molecular formula is C41H59N5O9. The van der Waals surface area contributed by atoms with Gasteiger partial charge in [-0.2, -0.15) is 0 Å². The molecule has 0 aromatic heterocycles. The molecule has 0 unspecified atom stereocenters. The average Bonchev–Trinajstić information content (AvgIpc) is 3.04. The van der Waals surface area contributed by atoms with Crippen LogP contribution >= 0.6 is 0 Å². The molecule has 0 heterocycles. The molecular weight excluding hydrogens is 706 g/mol. The van der Waals surface area contributed by atoms with Crippen LogP contribution in [0.2, 0.25) is 0 Å². The molecule has 0 saturated heterocycles. The van der Waals surface area contributed by atoms with E-state index in [2.05, 4.69) is 21.3 Å². The van der Waals surface area contributed by atoms with Gasteiger partial charge in [-0.1, -0.05) is 42.5 Å². The maximum atomic E-state index is 13.5. The zero-order valence-corrected chi connectivity index (χ0v) is 33.0. The number of hydrogen-bond donors (Lipinski definition) is 6. The fourth-order valence-corrected chi connectivity index (χ4v) is 7.36. The highest BCUT2D eigenvalue weighted by Gasteiger charge is 2.54. The van der Waals surface area contributed by atoms with Crippen molar-refractivity contribution in [2.24, 2.45) is 17.1 Å². The number of aliphatic carboxylic acids is 1. The zero-order valence-electron chi connectivity index (χ0n) is 33.0. The SMILES string of the molecule is CC(C)(C)OC(=O)CC[C@H](NC(=O)N[C@@H](CCCCNC(=O)[C@H](Cc1ccc2ccccc2c1)NC(=O)C1CC2(CC(N)C2)C1)C(=O)O)C(=O)OC(C)(C)C. The van der Waals surface area contributed by atoms with Gasteiger partial charge in [0.1, 0.15) is 29.3 Å². The second-order valence-corrected chi connectivity index (χ2v) is 17.2. The summed E-state index contributed by atoms with van der Waals surface area (Å²) < 4.78 is 10.7. The third-order valence-electron chi connectivity index (χ3n) is 9.88. The number of rotatable bonds is 17. The summed E-state index contributed by atoms with van der Waals surface area (Å²) in [5, 5.41) is 22.7. The first kappa shape index (κ1) is 43.0. The van der Waals surface area contributed by atoms with Crippen molar-refractivity contribution in [1.82, 2.24) is 21.3 Å². The Bertz CT molecular complexity index is 1700. The lowest BCUT2D eigenvalue weighted by Crippen LogP contribution is -2.58. The van der Waals surface area contributed by atoms with Crippen LogP contribution in [0.4, 0.5) is 4.79 Å². The molecule has 4 rings (SSSR count). The van der Waals surface area contributed by atoms with Gasteiger partial charge >= 0.3 is 23.9 Å². The fraction of sp³-hybridized carbons (Fsp3) is 0.610. The fourth-order valence-electron chi connectivity index (χ4n) is 7.36. The highest BCUT2D eigenvalue weighted by atomic mass is 16.6. The zero-order chi connectivity index (χ0) is 40.6. The van der Waals surface area contributed by atoms with Crippen molar-refractivity contribution in [2.45, 2.75) is 141 Å². The highest BCUT2D eigenvalue weighted by Crippen LogP contribution is 2.58. The van der Waals surface area contributed by atoms with Crippen LogP contribution in [0.5, 0.6) is 0 Å². The first-order valence-electron chi connectivity index (χ1n) is 19.3. The Balaban J connectivity index is 1.29. The lowest BCUT2D eigenvalue weighted by atomic mass is 9.50. The van der Waals surface area contributed by atoms with E-state index in [0.717, 1.165) is 42.0 Å². The van der Waals surface area contributed by atoms with Gasteiger partial charge < -0.3 is 41.6 Å². The number of fused-ring (bicyclic) bond motifs is 1. The third-order valence-corrected chi connectivity index (χ3v) is 9.88. The second kappa shape index (κ2) is 18.3. The van der Waals surface area contributed by atoms with Gasteiger partial charge in [-0.3, -0.25) is 14.4 Å². The summed E-state index contributed by atoms with van der Waals surface area (Å²) >= 11 is 0. The summed E-state index contributed by atoms with van der Waals surface area (Å²) in [7, 11) is 0. The van der Waals surface area contributed by atoms with Crippen LogP contribution in [-0.2, 0) is 39.9 Å². The first-order valence-corrected chi connectivity index (χ1v) is 19.3. The van der Waals surface area contributed by atoms with Crippen molar-refractivity contribution < 1.29 is 43.3 Å². The van der Waals surface area contributed by atoms with Crippen LogP contribution in [0.1, 0.15) is 105 Å². The molecule has 3 atom stereocenters. The van der Waals surface area contributed by atoms with E-state index in [4.69, 9.17) is 15.2 Å². The Morgan fingerprint density at radius 1 is 0.800 bits per heavy atom. The van der Waals surface area contributed by atoms with Crippen LogP contribution in [0.15, 0.2) is 42.5 Å². The number of nitrogens with two attached hydrogens (primary N) is 1. The Kier molecular flexibility index (Phi) is 14.3. The van der Waals surface area contributed by atoms with Crippen LogP contribution in [0.3, 0.4) is 0 Å². The number of esters is 2. The Morgan fingerprint density at radius 2 is 1.44 bits per heavy atom. The molecule has 302 valence electrons. The first-order chi connectivity index (χ1) is 25.7. The molecule has 1 spiro atoms. The highest BCUT2D eigenvalue weighted by molar-refractivity contribution is 5.90. The molecule has 0 bridgehead atoms. The Hall–Kier alpha value is -4.72. The predicted octanol–water partition coefficient (Wildman–Crippen LogP) is 4.26. The van der Waals surface area contributed by atoms with Gasteiger partial charge in [0, 0.05) is 31.3 Å². The smallest absolute Gasteiger partial charge is 0.329 e. The number of carboxylic acid groups (broad SMARTS) is 1. The molecule has 2 aromatic rings.